The van der Waals surface area contributed by atoms with E-state index in [2.05, 4.69) is 21.4 Å². The highest BCUT2D eigenvalue weighted by atomic mass is 19.3. The number of aryl methyl sites for hydroxylation is 3. The van der Waals surface area contributed by atoms with E-state index in [1.807, 2.05) is 6.92 Å². The minimum Gasteiger partial charge on any atom is -0.481 e. The summed E-state index contributed by atoms with van der Waals surface area (Å²) >= 11 is 0. The second kappa shape index (κ2) is 10.7. The number of hydrogen-bond donors (Lipinski definition) is 2. The zero-order valence-electron chi connectivity index (χ0n) is 18.5. The zero-order valence-corrected chi connectivity index (χ0v) is 18.5. The van der Waals surface area contributed by atoms with Crippen LogP contribution < -0.4 is 10.1 Å². The van der Waals surface area contributed by atoms with Crippen LogP contribution in [0.25, 0.3) is 0 Å². The van der Waals surface area contributed by atoms with E-state index in [1.54, 1.807) is 0 Å². The van der Waals surface area contributed by atoms with Crippen molar-refractivity contribution < 1.29 is 23.4 Å². The number of carboxylic acids is 1. The maximum Gasteiger partial charge on any atom is 0.316 e. The van der Waals surface area contributed by atoms with Crippen LogP contribution in [0.3, 0.4) is 0 Å². The molecule has 9 heteroatoms. The lowest BCUT2D eigenvalue weighted by molar-refractivity contribution is -0.138. The van der Waals surface area contributed by atoms with Gasteiger partial charge in [-0.2, -0.15) is 0 Å². The van der Waals surface area contributed by atoms with Crippen molar-refractivity contribution in [1.29, 1.82) is 0 Å². The zero-order chi connectivity index (χ0) is 23.1. The van der Waals surface area contributed by atoms with Crippen LogP contribution in [0.4, 0.5) is 14.6 Å². The summed E-state index contributed by atoms with van der Waals surface area (Å²) in [5.41, 5.74) is 3.63. The average molecular weight is 449 g/mol. The topological polar surface area (TPSA) is 97.2 Å². The molecule has 0 saturated carbocycles. The molecule has 0 aromatic carbocycles. The van der Waals surface area contributed by atoms with E-state index in [1.165, 1.54) is 25.1 Å². The van der Waals surface area contributed by atoms with Gasteiger partial charge in [0, 0.05) is 43.4 Å². The number of aromatic nitrogens is 3. The molecule has 32 heavy (non-hydrogen) atoms. The van der Waals surface area contributed by atoms with Gasteiger partial charge in [-0.15, -0.1) is 0 Å². The Morgan fingerprint density at radius 1 is 1.31 bits per heavy atom. The Kier molecular flexibility index (Phi) is 7.93. The Morgan fingerprint density at radius 3 is 2.75 bits per heavy atom. The van der Waals surface area contributed by atoms with Gasteiger partial charge in [0.15, 0.2) is 0 Å². The molecule has 0 radical (unpaired) electrons. The number of halogens is 2. The average Bonchev–Trinajstić information content (AvgIpc) is 2.76. The molecule has 0 amide bonds. The van der Waals surface area contributed by atoms with Gasteiger partial charge in [0.05, 0.1) is 13.5 Å². The van der Waals surface area contributed by atoms with Crippen LogP contribution in [0.2, 0.25) is 0 Å². The van der Waals surface area contributed by atoms with E-state index in [9.17, 15) is 18.7 Å². The first-order valence-corrected chi connectivity index (χ1v) is 11.0. The fraction of sp³-hybridized carbons (Fsp3) is 0.565. The fourth-order valence-electron chi connectivity index (χ4n) is 4.09. The summed E-state index contributed by atoms with van der Waals surface area (Å²) in [4.78, 5) is 23.8. The highest BCUT2D eigenvalue weighted by molar-refractivity contribution is 5.68. The van der Waals surface area contributed by atoms with Crippen molar-refractivity contribution in [3.63, 3.8) is 0 Å². The normalized spacial score (nSPS) is 14.4. The molecule has 1 aliphatic heterocycles. The molecule has 0 unspecified atom stereocenters. The number of alkyl halides is 2. The van der Waals surface area contributed by atoms with Crippen molar-refractivity contribution in [1.82, 2.24) is 15.0 Å². The Bertz CT molecular complexity index is 922. The number of nitrogens with zero attached hydrogens (tertiary/aromatic N) is 3. The van der Waals surface area contributed by atoms with Gasteiger partial charge < -0.3 is 15.2 Å². The molecule has 0 fully saturated rings. The van der Waals surface area contributed by atoms with Gasteiger partial charge in [-0.25, -0.2) is 23.7 Å². The lowest BCUT2D eigenvalue weighted by Crippen LogP contribution is -2.22. The van der Waals surface area contributed by atoms with E-state index in [0.29, 0.717) is 24.8 Å². The number of carboxylic acid groups (broad SMARTS) is 1. The van der Waals surface area contributed by atoms with Crippen LogP contribution >= 0.6 is 0 Å². The summed E-state index contributed by atoms with van der Waals surface area (Å²) in [6.07, 6.45) is 5.11. The number of carbonyl (C=O) groups is 1. The van der Waals surface area contributed by atoms with E-state index < -0.39 is 30.7 Å². The Hall–Kier alpha value is -2.84. The Morgan fingerprint density at radius 2 is 2.06 bits per heavy atom. The smallest absolute Gasteiger partial charge is 0.316 e. The van der Waals surface area contributed by atoms with Gasteiger partial charge in [-0.1, -0.05) is 6.07 Å². The van der Waals surface area contributed by atoms with Crippen molar-refractivity contribution in [2.75, 3.05) is 19.0 Å². The molecule has 3 rings (SSSR count). The number of unbranched alkanes of at least 4 members (excludes halogenated alkanes) is 1. The number of rotatable bonds is 11. The first-order chi connectivity index (χ1) is 15.3. The molecular formula is C23H30F2N4O3. The second-order valence-electron chi connectivity index (χ2n) is 8.36. The minimum atomic E-state index is -2.99. The summed E-state index contributed by atoms with van der Waals surface area (Å²) in [5, 5.41) is 12.5. The van der Waals surface area contributed by atoms with Gasteiger partial charge in [-0.3, -0.25) is 4.79 Å². The van der Waals surface area contributed by atoms with Crippen LogP contribution in [-0.2, 0) is 17.6 Å². The molecule has 0 saturated heterocycles. The van der Waals surface area contributed by atoms with Gasteiger partial charge in [0.1, 0.15) is 5.82 Å². The first kappa shape index (κ1) is 23.8. The molecule has 1 aliphatic rings. The van der Waals surface area contributed by atoms with Gasteiger partial charge >= 0.3 is 12.0 Å². The molecular weight excluding hydrogens is 418 g/mol. The van der Waals surface area contributed by atoms with E-state index in [4.69, 9.17) is 9.72 Å². The number of hydrogen-bond acceptors (Lipinski definition) is 6. The summed E-state index contributed by atoms with van der Waals surface area (Å²) in [6.45, 7) is 2.92. The number of methoxy groups -OCH3 is 1. The summed E-state index contributed by atoms with van der Waals surface area (Å²) < 4.78 is 34.3. The van der Waals surface area contributed by atoms with E-state index in [-0.39, 0.29) is 12.4 Å². The number of anilines is 1. The van der Waals surface area contributed by atoms with Gasteiger partial charge in [-0.05, 0) is 55.7 Å². The van der Waals surface area contributed by atoms with Crippen molar-refractivity contribution in [3.05, 3.63) is 40.8 Å². The highest BCUT2D eigenvalue weighted by Gasteiger charge is 2.34. The molecule has 2 aromatic heterocycles. The lowest BCUT2D eigenvalue weighted by atomic mass is 9.89. The van der Waals surface area contributed by atoms with Gasteiger partial charge in [0.25, 0.3) is 0 Å². The van der Waals surface area contributed by atoms with Crippen molar-refractivity contribution >= 4 is 11.8 Å². The summed E-state index contributed by atoms with van der Waals surface area (Å²) in [7, 11) is 1.40. The maximum atomic E-state index is 14.7. The molecule has 174 valence electrons. The molecule has 2 N–H and O–H groups in total. The molecule has 1 atom stereocenters. The number of aliphatic carboxylic acids is 1. The third-order valence-corrected chi connectivity index (χ3v) is 5.79. The monoisotopic (exact) mass is 448 g/mol. The largest absolute Gasteiger partial charge is 0.481 e. The molecule has 0 spiro atoms. The predicted molar refractivity (Wildman–Crippen MR) is 116 cm³/mol. The molecule has 3 heterocycles. The van der Waals surface area contributed by atoms with Crippen molar-refractivity contribution in [2.45, 2.75) is 70.1 Å². The van der Waals surface area contributed by atoms with Crippen LogP contribution in [-0.4, -0.2) is 45.6 Å². The standard InChI is InChI=1S/C23H30F2N4O3/c1-15-10-16-6-5-9-26-21(16)29-19(15)7-3-4-8-23(24,25)12-17(11-20(30)31)18-13-27-22(32-2)28-14-18/h10,13-14,17H,3-9,11-12H2,1-2H3,(H,26,29)(H,30,31)/t17-/m1/s1. The van der Waals surface area contributed by atoms with Gasteiger partial charge in [0.2, 0.25) is 5.92 Å². The van der Waals surface area contributed by atoms with Crippen LogP contribution in [0.15, 0.2) is 18.5 Å². The third-order valence-electron chi connectivity index (χ3n) is 5.79. The summed E-state index contributed by atoms with van der Waals surface area (Å²) in [5.74, 6) is -4.08. The highest BCUT2D eigenvalue weighted by Crippen LogP contribution is 2.36. The van der Waals surface area contributed by atoms with Crippen molar-refractivity contribution in [3.8, 4) is 6.01 Å². The van der Waals surface area contributed by atoms with Crippen LogP contribution in [0.5, 0.6) is 6.01 Å². The first-order valence-electron chi connectivity index (χ1n) is 11.0. The predicted octanol–water partition coefficient (Wildman–Crippen LogP) is 4.54. The fourth-order valence-corrected chi connectivity index (χ4v) is 4.09. The molecule has 7 nitrogen and oxygen atoms in total. The minimum absolute atomic E-state index is 0.107. The number of fused-ring (bicyclic) bond motifs is 1. The van der Waals surface area contributed by atoms with E-state index >= 15 is 0 Å². The second-order valence-corrected chi connectivity index (χ2v) is 8.36. The SMILES string of the molecule is COc1ncc([C@H](CC(=O)O)CC(F)(F)CCCCc2nc3c(cc2C)CCCN3)cn1. The molecule has 0 aliphatic carbocycles. The third kappa shape index (κ3) is 6.58. The quantitative estimate of drug-likeness (QED) is 0.487. The maximum absolute atomic E-state index is 14.7. The Balaban J connectivity index is 1.55. The number of ether oxygens (including phenoxy) is 1. The molecule has 0 bridgehead atoms. The number of pyridine rings is 1. The van der Waals surface area contributed by atoms with E-state index in [0.717, 1.165) is 36.5 Å². The summed E-state index contributed by atoms with van der Waals surface area (Å²) in [6, 6.07) is 2.25. The lowest BCUT2D eigenvalue weighted by Gasteiger charge is -2.23. The van der Waals surface area contributed by atoms with Crippen LogP contribution in [0.1, 0.15) is 66.8 Å². The van der Waals surface area contributed by atoms with Crippen LogP contribution in [0, 0.1) is 6.92 Å². The number of nitrogens with one attached hydrogen (secondary N) is 1. The van der Waals surface area contributed by atoms with Crippen molar-refractivity contribution in [2.24, 2.45) is 0 Å². The molecule has 2 aromatic rings. The Labute approximate surface area is 186 Å².